The van der Waals surface area contributed by atoms with E-state index >= 15 is 0 Å². The Morgan fingerprint density at radius 1 is 1.03 bits per heavy atom. The number of hydrogen-bond donors (Lipinski definition) is 1. The van der Waals surface area contributed by atoms with Crippen molar-refractivity contribution < 1.29 is 31.8 Å². The molecule has 1 unspecified atom stereocenters. The maximum Gasteiger partial charge on any atom is 0.209 e. The van der Waals surface area contributed by atoms with Crippen molar-refractivity contribution in [2.24, 2.45) is 0 Å². The summed E-state index contributed by atoms with van der Waals surface area (Å²) < 4.78 is 56.6. The van der Waals surface area contributed by atoms with Crippen LogP contribution < -0.4 is 18.9 Å². The third kappa shape index (κ3) is 4.75. The first-order chi connectivity index (χ1) is 14.7. The zero-order chi connectivity index (χ0) is 22.8. The summed E-state index contributed by atoms with van der Waals surface area (Å²) in [5, 5.41) is 1.07. The number of hydrogen-bond acceptors (Lipinski definition) is 7. The van der Waals surface area contributed by atoms with Crippen LogP contribution in [0.3, 0.4) is 0 Å². The average molecular weight is 448 g/mol. The fourth-order valence-corrected chi connectivity index (χ4v) is 3.86. The molecule has 0 bridgehead atoms. The quantitative estimate of drug-likeness (QED) is 0.529. The van der Waals surface area contributed by atoms with E-state index in [4.69, 9.17) is 14.2 Å². The van der Waals surface area contributed by atoms with Crippen molar-refractivity contribution in [3.63, 3.8) is 0 Å². The first-order valence-corrected chi connectivity index (χ1v) is 10.9. The molecule has 1 N–H and O–H groups in total. The molecule has 0 aliphatic rings. The molecule has 1 aromatic heterocycles. The summed E-state index contributed by atoms with van der Waals surface area (Å²) in [6.07, 6.45) is 3.80. The third-order valence-electron chi connectivity index (χ3n) is 4.64. The summed E-state index contributed by atoms with van der Waals surface area (Å²) in [4.78, 5) is 17.5. The number of sulfonamides is 1. The Morgan fingerprint density at radius 3 is 2.32 bits per heavy atom. The van der Waals surface area contributed by atoms with Crippen LogP contribution in [0.2, 0.25) is 0 Å². The molecule has 164 valence electrons. The molecule has 8 nitrogen and oxygen atoms in total. The number of nitrogens with zero attached hydrogens (tertiary/aromatic N) is 1. The summed E-state index contributed by atoms with van der Waals surface area (Å²) >= 11 is 0. The molecule has 0 fully saturated rings. The Morgan fingerprint density at radius 2 is 1.71 bits per heavy atom. The number of halogens is 1. The van der Waals surface area contributed by atoms with Gasteiger partial charge in [0.15, 0.2) is 17.3 Å². The number of carbonyl (C=O) groups excluding carboxylic acids is 1. The number of rotatable bonds is 8. The second-order valence-corrected chi connectivity index (χ2v) is 8.47. The highest BCUT2D eigenvalue weighted by molar-refractivity contribution is 7.88. The van der Waals surface area contributed by atoms with Crippen molar-refractivity contribution in [2.75, 3.05) is 27.6 Å². The molecule has 1 heterocycles. The van der Waals surface area contributed by atoms with Gasteiger partial charge in [0.1, 0.15) is 17.6 Å². The second kappa shape index (κ2) is 8.86. The number of methoxy groups -OCH3 is 3. The smallest absolute Gasteiger partial charge is 0.209 e. The van der Waals surface area contributed by atoms with Crippen LogP contribution in [0.1, 0.15) is 22.0 Å². The average Bonchev–Trinajstić information content (AvgIpc) is 2.75. The third-order valence-corrected chi connectivity index (χ3v) is 5.30. The summed E-state index contributed by atoms with van der Waals surface area (Å²) in [5.74, 6) is -0.540. The van der Waals surface area contributed by atoms with Gasteiger partial charge in [-0.15, -0.1) is 0 Å². The van der Waals surface area contributed by atoms with Crippen LogP contribution in [0.4, 0.5) is 4.39 Å². The zero-order valence-electron chi connectivity index (χ0n) is 17.3. The van der Waals surface area contributed by atoms with Crippen molar-refractivity contribution in [1.29, 1.82) is 0 Å². The van der Waals surface area contributed by atoms with Gasteiger partial charge in [-0.3, -0.25) is 9.78 Å². The lowest BCUT2D eigenvalue weighted by molar-refractivity contribution is 0.0949. The number of benzene rings is 2. The summed E-state index contributed by atoms with van der Waals surface area (Å²) in [5.41, 5.74) is -0.0888. The summed E-state index contributed by atoms with van der Waals surface area (Å²) in [6.45, 7) is 0. The normalized spacial score (nSPS) is 12.4. The molecule has 0 saturated carbocycles. The highest BCUT2D eigenvalue weighted by Crippen LogP contribution is 2.36. The van der Waals surface area contributed by atoms with Crippen LogP contribution in [0.25, 0.3) is 10.8 Å². The molecule has 0 spiro atoms. The van der Waals surface area contributed by atoms with Gasteiger partial charge in [-0.1, -0.05) is 0 Å². The maximum atomic E-state index is 14.5. The molecular weight excluding hydrogens is 427 g/mol. The van der Waals surface area contributed by atoms with Gasteiger partial charge in [0, 0.05) is 23.3 Å². The molecule has 0 radical (unpaired) electrons. The zero-order valence-corrected chi connectivity index (χ0v) is 18.1. The predicted molar refractivity (Wildman–Crippen MR) is 113 cm³/mol. The van der Waals surface area contributed by atoms with E-state index in [9.17, 15) is 17.6 Å². The highest BCUT2D eigenvalue weighted by Gasteiger charge is 2.30. The molecule has 10 heteroatoms. The van der Waals surface area contributed by atoms with Gasteiger partial charge < -0.3 is 14.2 Å². The number of nitrogens with one attached hydrogen (secondary N) is 1. The van der Waals surface area contributed by atoms with E-state index in [-0.39, 0.29) is 16.9 Å². The van der Waals surface area contributed by atoms with Crippen molar-refractivity contribution >= 4 is 26.6 Å². The molecule has 0 saturated heterocycles. The Balaban J connectivity index is 2.24. The van der Waals surface area contributed by atoms with Gasteiger partial charge in [0.05, 0.1) is 33.1 Å². The van der Waals surface area contributed by atoms with Crippen molar-refractivity contribution in [3.8, 4) is 17.2 Å². The number of aromatic nitrogens is 1. The highest BCUT2D eigenvalue weighted by atomic mass is 32.2. The molecular formula is C21H21FN2O6S. The van der Waals surface area contributed by atoms with Crippen LogP contribution in [-0.4, -0.2) is 46.8 Å². The van der Waals surface area contributed by atoms with Crippen LogP contribution in [0, 0.1) is 5.82 Å². The Hall–Kier alpha value is -3.24. The standard InChI is InChI=1S/C21H21FN2O6S/c1-28-13-5-6-17(22)15(8-13)21(25)20(24-31(4,26)27)16-11-23-10-12-7-18(29-2)19(30-3)9-14(12)16/h5-11,20,24H,1-4H3. The number of carbonyl (C=O) groups is 1. The Kier molecular flexibility index (Phi) is 6.42. The minimum atomic E-state index is -3.86. The van der Waals surface area contributed by atoms with E-state index in [1.54, 1.807) is 12.1 Å². The van der Waals surface area contributed by atoms with Gasteiger partial charge in [-0.25, -0.2) is 17.5 Å². The molecule has 0 amide bonds. The molecule has 31 heavy (non-hydrogen) atoms. The summed E-state index contributed by atoms with van der Waals surface area (Å²) in [6, 6.07) is 5.49. The van der Waals surface area contributed by atoms with Gasteiger partial charge in [0.2, 0.25) is 10.0 Å². The second-order valence-electron chi connectivity index (χ2n) is 6.69. The van der Waals surface area contributed by atoms with Gasteiger partial charge >= 0.3 is 0 Å². The van der Waals surface area contributed by atoms with Crippen LogP contribution in [-0.2, 0) is 10.0 Å². The monoisotopic (exact) mass is 448 g/mol. The van der Waals surface area contributed by atoms with Crippen molar-refractivity contribution in [1.82, 2.24) is 9.71 Å². The number of pyridine rings is 1. The van der Waals surface area contributed by atoms with Crippen molar-refractivity contribution in [3.05, 3.63) is 59.7 Å². The molecule has 3 aromatic rings. The van der Waals surface area contributed by atoms with Gasteiger partial charge in [-0.2, -0.15) is 0 Å². The minimum absolute atomic E-state index is 0.232. The van der Waals surface area contributed by atoms with Crippen LogP contribution in [0.5, 0.6) is 17.2 Å². The lowest BCUT2D eigenvalue weighted by Gasteiger charge is -2.20. The van der Waals surface area contributed by atoms with Gasteiger partial charge in [-0.05, 0) is 35.7 Å². The fourth-order valence-electron chi connectivity index (χ4n) is 3.20. The van der Waals surface area contributed by atoms with Crippen molar-refractivity contribution in [2.45, 2.75) is 6.04 Å². The van der Waals surface area contributed by atoms with E-state index in [0.717, 1.165) is 12.3 Å². The molecule has 0 aliphatic heterocycles. The van der Waals surface area contributed by atoms with E-state index in [0.29, 0.717) is 22.3 Å². The molecule has 0 aliphatic carbocycles. The Bertz CT molecular complexity index is 1250. The number of ether oxygens (including phenoxy) is 3. The summed E-state index contributed by atoms with van der Waals surface area (Å²) in [7, 11) is 0.447. The lowest BCUT2D eigenvalue weighted by Crippen LogP contribution is -2.33. The van der Waals surface area contributed by atoms with Crippen LogP contribution in [0.15, 0.2) is 42.7 Å². The van der Waals surface area contributed by atoms with E-state index in [1.807, 2.05) is 0 Å². The molecule has 2 aromatic carbocycles. The van der Waals surface area contributed by atoms with E-state index in [1.165, 1.54) is 45.9 Å². The first kappa shape index (κ1) is 22.4. The fraction of sp³-hybridized carbons (Fsp3) is 0.238. The van der Waals surface area contributed by atoms with Crippen LogP contribution >= 0.6 is 0 Å². The first-order valence-electron chi connectivity index (χ1n) is 9.03. The number of Topliss-reactive ketones (excluding diaryl/α,β-unsaturated/α-hetero) is 1. The molecule has 3 rings (SSSR count). The Labute approximate surface area is 179 Å². The SMILES string of the molecule is COc1ccc(F)c(C(=O)C(NS(C)(=O)=O)c2cncc3cc(OC)c(OC)cc23)c1. The van der Waals surface area contributed by atoms with E-state index < -0.39 is 27.7 Å². The van der Waals surface area contributed by atoms with E-state index in [2.05, 4.69) is 9.71 Å². The number of fused-ring (bicyclic) bond motifs is 1. The molecule has 1 atom stereocenters. The van der Waals surface area contributed by atoms with Gasteiger partial charge in [0.25, 0.3) is 0 Å². The maximum absolute atomic E-state index is 14.5. The lowest BCUT2D eigenvalue weighted by atomic mass is 9.95. The topological polar surface area (TPSA) is 104 Å². The largest absolute Gasteiger partial charge is 0.497 e. The number of ketones is 1. The minimum Gasteiger partial charge on any atom is -0.497 e. The predicted octanol–water partition coefficient (Wildman–Crippen LogP) is 2.87.